The molecule has 0 saturated carbocycles. The molecular weight excluding hydrogens is 300 g/mol. The van der Waals surface area contributed by atoms with Crippen molar-refractivity contribution >= 4 is 28.6 Å². The lowest BCUT2D eigenvalue weighted by atomic mass is 9.92. The topological polar surface area (TPSA) is 66.0 Å². The second-order valence-electron chi connectivity index (χ2n) is 5.25. The van der Waals surface area contributed by atoms with Crippen molar-refractivity contribution in [1.29, 1.82) is 0 Å². The summed E-state index contributed by atoms with van der Waals surface area (Å²) in [6.45, 7) is 0. The summed E-state index contributed by atoms with van der Waals surface area (Å²) in [5.41, 5.74) is 2.70. The Kier molecular flexibility index (Phi) is 4.11. The summed E-state index contributed by atoms with van der Waals surface area (Å²) in [5, 5.41) is 9.79. The third-order valence-corrected chi connectivity index (χ3v) is 3.86. The van der Waals surface area contributed by atoms with Crippen molar-refractivity contribution in [1.82, 2.24) is 9.97 Å². The van der Waals surface area contributed by atoms with E-state index >= 15 is 0 Å². The molecule has 1 atom stereocenters. The van der Waals surface area contributed by atoms with Crippen LogP contribution in [0.3, 0.4) is 0 Å². The monoisotopic (exact) mass is 314 g/mol. The molecule has 0 saturated heterocycles. The predicted molar refractivity (Wildman–Crippen MR) is 86.2 cm³/mol. The van der Waals surface area contributed by atoms with E-state index in [4.69, 9.17) is 16.7 Å². The van der Waals surface area contributed by atoms with E-state index < -0.39 is 5.97 Å². The van der Waals surface area contributed by atoms with Crippen molar-refractivity contribution < 1.29 is 9.90 Å². The number of halogens is 1. The molecule has 4 nitrogen and oxygen atoms in total. The van der Waals surface area contributed by atoms with E-state index in [9.17, 15) is 4.79 Å². The molecule has 0 radical (unpaired) electrons. The highest BCUT2D eigenvalue weighted by Crippen LogP contribution is 2.25. The first-order valence-electron chi connectivity index (χ1n) is 7.02. The number of nitrogens with zero attached hydrogens (tertiary/aromatic N) is 1. The first-order chi connectivity index (χ1) is 10.6. The third kappa shape index (κ3) is 3.28. The highest BCUT2D eigenvalue weighted by Gasteiger charge is 2.18. The van der Waals surface area contributed by atoms with Crippen LogP contribution in [0.2, 0.25) is 5.02 Å². The van der Waals surface area contributed by atoms with Crippen molar-refractivity contribution in [2.24, 2.45) is 0 Å². The van der Waals surface area contributed by atoms with E-state index in [0.717, 1.165) is 22.4 Å². The summed E-state index contributed by atoms with van der Waals surface area (Å²) in [6, 6.07) is 15.1. The number of rotatable bonds is 5. The van der Waals surface area contributed by atoms with Crippen LogP contribution in [0.4, 0.5) is 0 Å². The lowest BCUT2D eigenvalue weighted by Crippen LogP contribution is -2.10. The predicted octanol–water partition coefficient (Wildman–Crippen LogP) is 4.02. The van der Waals surface area contributed by atoms with Crippen molar-refractivity contribution in [3.63, 3.8) is 0 Å². The van der Waals surface area contributed by atoms with Gasteiger partial charge in [-0.2, -0.15) is 0 Å². The standard InChI is InChI=1S/C17H15ClN2O2/c18-13-6-7-14-15(10-13)20-16(19-14)8-12(9-17(21)22)11-4-2-1-3-5-11/h1-7,10,12H,8-9H2,(H,19,20)(H,21,22). The Morgan fingerprint density at radius 3 is 2.73 bits per heavy atom. The Morgan fingerprint density at radius 2 is 2.00 bits per heavy atom. The van der Waals surface area contributed by atoms with Crippen molar-refractivity contribution in [2.75, 3.05) is 0 Å². The first-order valence-corrected chi connectivity index (χ1v) is 7.40. The molecule has 2 N–H and O–H groups in total. The van der Waals surface area contributed by atoms with Gasteiger partial charge in [0, 0.05) is 17.4 Å². The van der Waals surface area contributed by atoms with E-state index in [1.54, 1.807) is 12.1 Å². The number of aromatic nitrogens is 2. The molecule has 0 aliphatic rings. The number of benzene rings is 2. The minimum atomic E-state index is -0.812. The van der Waals surface area contributed by atoms with E-state index in [2.05, 4.69) is 9.97 Å². The van der Waals surface area contributed by atoms with Gasteiger partial charge in [0.2, 0.25) is 0 Å². The Morgan fingerprint density at radius 1 is 1.23 bits per heavy atom. The molecular formula is C17H15ClN2O2. The summed E-state index contributed by atoms with van der Waals surface area (Å²) in [7, 11) is 0. The van der Waals surface area contributed by atoms with Gasteiger partial charge in [0.15, 0.2) is 0 Å². The summed E-state index contributed by atoms with van der Waals surface area (Å²) in [4.78, 5) is 18.9. The van der Waals surface area contributed by atoms with Gasteiger partial charge < -0.3 is 10.1 Å². The quantitative estimate of drug-likeness (QED) is 0.747. The van der Waals surface area contributed by atoms with Gasteiger partial charge >= 0.3 is 5.97 Å². The van der Waals surface area contributed by atoms with Gasteiger partial charge in [-0.1, -0.05) is 41.9 Å². The molecule has 1 unspecified atom stereocenters. The molecule has 3 rings (SSSR count). The molecule has 0 bridgehead atoms. The third-order valence-electron chi connectivity index (χ3n) is 3.63. The van der Waals surface area contributed by atoms with Crippen LogP contribution in [-0.2, 0) is 11.2 Å². The van der Waals surface area contributed by atoms with Gasteiger partial charge in [0.25, 0.3) is 0 Å². The van der Waals surface area contributed by atoms with Crippen LogP contribution >= 0.6 is 11.6 Å². The largest absolute Gasteiger partial charge is 0.481 e. The molecule has 1 aromatic heterocycles. The van der Waals surface area contributed by atoms with E-state index in [0.29, 0.717) is 11.4 Å². The zero-order chi connectivity index (χ0) is 15.5. The summed E-state index contributed by atoms with van der Waals surface area (Å²) in [5.74, 6) is -0.157. The number of imidazole rings is 1. The van der Waals surface area contributed by atoms with Crippen LogP contribution < -0.4 is 0 Å². The summed E-state index contributed by atoms with van der Waals surface area (Å²) >= 11 is 5.97. The number of H-pyrrole nitrogens is 1. The Bertz CT molecular complexity index is 799. The molecule has 0 fully saturated rings. The van der Waals surface area contributed by atoms with Crippen LogP contribution in [0.1, 0.15) is 23.7 Å². The van der Waals surface area contributed by atoms with Crippen LogP contribution in [0.15, 0.2) is 48.5 Å². The lowest BCUT2D eigenvalue weighted by Gasteiger charge is -2.13. The molecule has 1 heterocycles. The second kappa shape index (κ2) is 6.20. The van der Waals surface area contributed by atoms with Gasteiger partial charge in [-0.05, 0) is 23.8 Å². The Labute approximate surface area is 132 Å². The number of aliphatic carboxylic acids is 1. The van der Waals surface area contributed by atoms with Crippen LogP contribution in [0.25, 0.3) is 11.0 Å². The number of nitrogens with one attached hydrogen (secondary N) is 1. The zero-order valence-corrected chi connectivity index (χ0v) is 12.5. The fourth-order valence-electron chi connectivity index (χ4n) is 2.61. The van der Waals surface area contributed by atoms with Gasteiger partial charge in [-0.3, -0.25) is 4.79 Å². The molecule has 0 aliphatic heterocycles. The minimum absolute atomic E-state index is 0.0712. The molecule has 22 heavy (non-hydrogen) atoms. The van der Waals surface area contributed by atoms with Crippen molar-refractivity contribution in [3.05, 3.63) is 64.9 Å². The van der Waals surface area contributed by atoms with Crippen molar-refractivity contribution in [3.8, 4) is 0 Å². The van der Waals surface area contributed by atoms with Gasteiger partial charge in [0.05, 0.1) is 17.5 Å². The fraction of sp³-hybridized carbons (Fsp3) is 0.176. The lowest BCUT2D eigenvalue weighted by molar-refractivity contribution is -0.137. The van der Waals surface area contributed by atoms with Crippen molar-refractivity contribution in [2.45, 2.75) is 18.8 Å². The number of aromatic amines is 1. The van der Waals surface area contributed by atoms with Crippen LogP contribution in [-0.4, -0.2) is 21.0 Å². The number of carboxylic acid groups (broad SMARTS) is 1. The smallest absolute Gasteiger partial charge is 0.303 e. The average molecular weight is 315 g/mol. The maximum Gasteiger partial charge on any atom is 0.303 e. The molecule has 2 aromatic carbocycles. The average Bonchev–Trinajstić information content (AvgIpc) is 2.88. The molecule has 5 heteroatoms. The fourth-order valence-corrected chi connectivity index (χ4v) is 2.77. The highest BCUT2D eigenvalue weighted by atomic mass is 35.5. The molecule has 0 amide bonds. The molecule has 0 spiro atoms. The van der Waals surface area contributed by atoms with Gasteiger partial charge in [-0.15, -0.1) is 0 Å². The normalized spacial score (nSPS) is 12.4. The van der Waals surface area contributed by atoms with Gasteiger partial charge in [0.1, 0.15) is 5.82 Å². The maximum absolute atomic E-state index is 11.1. The van der Waals surface area contributed by atoms with Crippen LogP contribution in [0.5, 0.6) is 0 Å². The van der Waals surface area contributed by atoms with E-state index in [-0.39, 0.29) is 12.3 Å². The molecule has 0 aliphatic carbocycles. The Hall–Kier alpha value is -2.33. The minimum Gasteiger partial charge on any atom is -0.481 e. The van der Waals surface area contributed by atoms with E-state index in [1.165, 1.54) is 0 Å². The second-order valence-corrected chi connectivity index (χ2v) is 5.69. The molecule has 3 aromatic rings. The SMILES string of the molecule is O=C(O)CC(Cc1nc2cc(Cl)ccc2[nH]1)c1ccccc1. The molecule has 112 valence electrons. The number of hydrogen-bond donors (Lipinski definition) is 2. The van der Waals surface area contributed by atoms with Gasteiger partial charge in [-0.25, -0.2) is 4.98 Å². The highest BCUT2D eigenvalue weighted by molar-refractivity contribution is 6.31. The summed E-state index contributed by atoms with van der Waals surface area (Å²) < 4.78 is 0. The van der Waals surface area contributed by atoms with E-state index in [1.807, 2.05) is 36.4 Å². The number of carbonyl (C=O) groups is 1. The summed E-state index contributed by atoms with van der Waals surface area (Å²) in [6.07, 6.45) is 0.616. The number of carboxylic acids is 1. The Balaban J connectivity index is 1.89. The number of hydrogen-bond acceptors (Lipinski definition) is 2. The number of fused-ring (bicyclic) bond motifs is 1. The first kappa shape index (κ1) is 14.6. The van der Waals surface area contributed by atoms with Crippen LogP contribution in [0, 0.1) is 0 Å². The maximum atomic E-state index is 11.1. The zero-order valence-electron chi connectivity index (χ0n) is 11.8.